The summed E-state index contributed by atoms with van der Waals surface area (Å²) in [5.41, 5.74) is 5.91. The summed E-state index contributed by atoms with van der Waals surface area (Å²) in [5.74, 6) is -0.154. The molecule has 0 unspecified atom stereocenters. The number of nitrogens with one attached hydrogen (secondary N) is 2. The lowest BCUT2D eigenvalue weighted by Crippen LogP contribution is -2.29. The van der Waals surface area contributed by atoms with Crippen LogP contribution in [-0.2, 0) is 6.18 Å². The molecule has 0 radical (unpaired) electrons. The minimum absolute atomic E-state index is 0. The molecule has 4 aromatic rings. The van der Waals surface area contributed by atoms with Gasteiger partial charge in [0.15, 0.2) is 0 Å². The molecule has 176 valence electrons. The van der Waals surface area contributed by atoms with Crippen LogP contribution in [0.15, 0.2) is 79.0 Å². The standard InChI is InChI=1S/C23H15Cl2F3N4O.ClH/c24-15-7-11-17(12-8-15)32-13-20(29-21(32)18-3-1-2-4-19(18)25)22(33)31-30-16-9-5-14(6-10-16)23(26,27)28;/h1-13,30H,(H,31,33);1H. The molecule has 2 N–H and O–H groups in total. The van der Waals surface area contributed by atoms with Crippen molar-refractivity contribution in [1.82, 2.24) is 15.0 Å². The molecule has 0 saturated heterocycles. The summed E-state index contributed by atoms with van der Waals surface area (Å²) in [7, 11) is 0. The van der Waals surface area contributed by atoms with E-state index >= 15 is 0 Å². The van der Waals surface area contributed by atoms with Crippen molar-refractivity contribution >= 4 is 47.2 Å². The number of hydrogen-bond donors (Lipinski definition) is 2. The van der Waals surface area contributed by atoms with E-state index in [9.17, 15) is 18.0 Å². The van der Waals surface area contributed by atoms with E-state index in [1.54, 1.807) is 53.1 Å². The third kappa shape index (κ3) is 5.64. The van der Waals surface area contributed by atoms with Gasteiger partial charge in [0.25, 0.3) is 5.91 Å². The number of nitrogens with zero attached hydrogens (tertiary/aromatic N) is 2. The maximum absolute atomic E-state index is 12.7. The number of halogens is 6. The van der Waals surface area contributed by atoms with Crippen molar-refractivity contribution in [1.29, 1.82) is 0 Å². The summed E-state index contributed by atoms with van der Waals surface area (Å²) in [6, 6.07) is 18.3. The zero-order chi connectivity index (χ0) is 23.6. The van der Waals surface area contributed by atoms with Crippen LogP contribution in [0.2, 0.25) is 10.0 Å². The van der Waals surface area contributed by atoms with Crippen LogP contribution >= 0.6 is 35.6 Å². The lowest BCUT2D eigenvalue weighted by Gasteiger charge is -2.09. The highest BCUT2D eigenvalue weighted by molar-refractivity contribution is 6.33. The molecule has 0 saturated carbocycles. The fourth-order valence-electron chi connectivity index (χ4n) is 3.06. The second-order valence-electron chi connectivity index (χ2n) is 6.93. The fraction of sp³-hybridized carbons (Fsp3) is 0.0435. The average Bonchev–Trinajstić information content (AvgIpc) is 3.23. The number of rotatable bonds is 5. The second-order valence-corrected chi connectivity index (χ2v) is 7.77. The average molecular weight is 528 g/mol. The van der Waals surface area contributed by atoms with Crippen LogP contribution in [-0.4, -0.2) is 15.5 Å². The van der Waals surface area contributed by atoms with E-state index in [1.807, 2.05) is 0 Å². The molecule has 0 aliphatic heterocycles. The molecule has 0 atom stereocenters. The zero-order valence-electron chi connectivity index (χ0n) is 17.1. The van der Waals surface area contributed by atoms with Crippen LogP contribution in [0.3, 0.4) is 0 Å². The van der Waals surface area contributed by atoms with E-state index in [0.29, 0.717) is 27.1 Å². The number of carbonyl (C=O) groups is 1. The van der Waals surface area contributed by atoms with Crippen molar-refractivity contribution in [3.8, 4) is 17.1 Å². The van der Waals surface area contributed by atoms with Gasteiger partial charge in [-0.15, -0.1) is 12.4 Å². The quantitative estimate of drug-likeness (QED) is 0.274. The highest BCUT2D eigenvalue weighted by Crippen LogP contribution is 2.31. The first kappa shape index (κ1) is 25.4. The van der Waals surface area contributed by atoms with Crippen LogP contribution in [0.4, 0.5) is 18.9 Å². The van der Waals surface area contributed by atoms with E-state index in [2.05, 4.69) is 15.8 Å². The molecule has 0 aliphatic rings. The van der Waals surface area contributed by atoms with Gasteiger partial charge in [-0.25, -0.2) is 4.98 Å². The molecule has 0 aliphatic carbocycles. The summed E-state index contributed by atoms with van der Waals surface area (Å²) in [6.45, 7) is 0. The Balaban J connectivity index is 0.00000324. The highest BCUT2D eigenvalue weighted by Gasteiger charge is 2.30. The highest BCUT2D eigenvalue weighted by atomic mass is 35.5. The molecule has 0 bridgehead atoms. The Morgan fingerprint density at radius 2 is 1.56 bits per heavy atom. The maximum atomic E-state index is 12.7. The summed E-state index contributed by atoms with van der Waals surface area (Å²) >= 11 is 12.3. The van der Waals surface area contributed by atoms with Gasteiger partial charge < -0.3 is 0 Å². The lowest BCUT2D eigenvalue weighted by atomic mass is 10.2. The van der Waals surface area contributed by atoms with Gasteiger partial charge in [-0.2, -0.15) is 13.2 Å². The number of hydrazine groups is 1. The molecule has 5 nitrogen and oxygen atoms in total. The van der Waals surface area contributed by atoms with E-state index < -0.39 is 17.6 Å². The smallest absolute Gasteiger partial charge is 0.299 e. The van der Waals surface area contributed by atoms with Gasteiger partial charge in [-0.05, 0) is 60.7 Å². The molecular weight excluding hydrogens is 512 g/mol. The fourth-order valence-corrected chi connectivity index (χ4v) is 3.40. The van der Waals surface area contributed by atoms with Gasteiger partial charge in [0.2, 0.25) is 0 Å². The van der Waals surface area contributed by atoms with Crippen molar-refractivity contribution in [2.24, 2.45) is 0 Å². The zero-order valence-corrected chi connectivity index (χ0v) is 19.4. The summed E-state index contributed by atoms with van der Waals surface area (Å²) in [6.07, 6.45) is -2.91. The molecule has 0 spiro atoms. The van der Waals surface area contributed by atoms with Crippen LogP contribution in [0.25, 0.3) is 17.1 Å². The minimum Gasteiger partial charge on any atom is -0.299 e. The third-order valence-electron chi connectivity index (χ3n) is 4.69. The molecule has 11 heteroatoms. The van der Waals surface area contributed by atoms with E-state index in [-0.39, 0.29) is 23.8 Å². The summed E-state index contributed by atoms with van der Waals surface area (Å²) < 4.78 is 39.8. The molecule has 34 heavy (non-hydrogen) atoms. The van der Waals surface area contributed by atoms with Gasteiger partial charge >= 0.3 is 6.18 Å². The first-order valence-corrected chi connectivity index (χ1v) is 10.3. The molecule has 1 aromatic heterocycles. The predicted octanol–water partition coefficient (Wildman–Crippen LogP) is 7.04. The molecule has 1 amide bonds. The van der Waals surface area contributed by atoms with Crippen molar-refractivity contribution in [3.63, 3.8) is 0 Å². The number of alkyl halides is 3. The molecule has 1 heterocycles. The number of aromatic nitrogens is 2. The largest absolute Gasteiger partial charge is 0.416 e. The Bertz CT molecular complexity index is 1290. The van der Waals surface area contributed by atoms with Crippen molar-refractivity contribution in [2.45, 2.75) is 6.18 Å². The van der Waals surface area contributed by atoms with E-state index in [1.165, 1.54) is 18.3 Å². The maximum Gasteiger partial charge on any atom is 0.416 e. The molecule has 0 fully saturated rings. The number of benzene rings is 3. The second kappa shape index (κ2) is 10.4. The van der Waals surface area contributed by atoms with Crippen LogP contribution in [0.5, 0.6) is 0 Å². The lowest BCUT2D eigenvalue weighted by molar-refractivity contribution is -0.137. The Morgan fingerprint density at radius 3 is 2.18 bits per heavy atom. The monoisotopic (exact) mass is 526 g/mol. The van der Waals surface area contributed by atoms with E-state index in [0.717, 1.165) is 12.1 Å². The SMILES string of the molecule is Cl.O=C(NNc1ccc(C(F)(F)F)cc1)c1cn(-c2ccc(Cl)cc2)c(-c2ccccc2Cl)n1. The number of carbonyl (C=O) groups excluding carboxylic acids is 1. The number of hydrogen-bond acceptors (Lipinski definition) is 3. The Morgan fingerprint density at radius 1 is 0.912 bits per heavy atom. The topological polar surface area (TPSA) is 59.0 Å². The summed E-state index contributed by atoms with van der Waals surface area (Å²) in [5, 5.41) is 1.00. The van der Waals surface area contributed by atoms with Crippen LogP contribution < -0.4 is 10.9 Å². The van der Waals surface area contributed by atoms with Crippen molar-refractivity contribution in [3.05, 3.63) is 100 Å². The normalized spacial score (nSPS) is 11.0. The number of imidazole rings is 1. The Labute approximate surface area is 208 Å². The number of amides is 1. The minimum atomic E-state index is -4.44. The third-order valence-corrected chi connectivity index (χ3v) is 5.27. The van der Waals surface area contributed by atoms with Gasteiger partial charge in [0.05, 0.1) is 16.3 Å². The van der Waals surface area contributed by atoms with Gasteiger partial charge in [-0.3, -0.25) is 20.2 Å². The van der Waals surface area contributed by atoms with Crippen molar-refractivity contribution in [2.75, 3.05) is 5.43 Å². The van der Waals surface area contributed by atoms with Gasteiger partial charge in [0, 0.05) is 22.5 Å². The van der Waals surface area contributed by atoms with Crippen LogP contribution in [0, 0.1) is 0 Å². The molecule has 3 aromatic carbocycles. The Kier molecular flexibility index (Phi) is 7.76. The van der Waals surface area contributed by atoms with Gasteiger partial charge in [0.1, 0.15) is 11.5 Å². The van der Waals surface area contributed by atoms with E-state index in [4.69, 9.17) is 23.2 Å². The first-order valence-electron chi connectivity index (χ1n) is 9.56. The predicted molar refractivity (Wildman–Crippen MR) is 129 cm³/mol. The molecule has 4 rings (SSSR count). The van der Waals surface area contributed by atoms with Crippen LogP contribution in [0.1, 0.15) is 16.1 Å². The van der Waals surface area contributed by atoms with Gasteiger partial charge in [-0.1, -0.05) is 35.3 Å². The summed E-state index contributed by atoms with van der Waals surface area (Å²) in [4.78, 5) is 17.2. The first-order chi connectivity index (χ1) is 15.7. The van der Waals surface area contributed by atoms with Crippen molar-refractivity contribution < 1.29 is 18.0 Å². The molecular formula is C23H16Cl3F3N4O. The number of anilines is 1. The Hall–Kier alpha value is -3.20.